The predicted octanol–water partition coefficient (Wildman–Crippen LogP) is 1.43. The molecule has 0 aliphatic heterocycles. The van der Waals surface area contributed by atoms with Crippen LogP contribution in [0.15, 0.2) is 18.2 Å². The van der Waals surface area contributed by atoms with Crippen molar-refractivity contribution >= 4 is 5.91 Å². The van der Waals surface area contributed by atoms with Crippen molar-refractivity contribution in [3.05, 3.63) is 29.3 Å². The molecule has 0 fully saturated rings. The Morgan fingerprint density at radius 2 is 2.14 bits per heavy atom. The van der Waals surface area contributed by atoms with Crippen LogP contribution in [0.5, 0.6) is 5.75 Å². The molecule has 0 atom stereocenters. The number of benzene rings is 1. The van der Waals surface area contributed by atoms with Crippen LogP contribution in [-0.4, -0.2) is 19.6 Å². The summed E-state index contributed by atoms with van der Waals surface area (Å²) in [6, 6.07) is 5.93. The maximum atomic E-state index is 10.9. The fourth-order valence-electron chi connectivity index (χ4n) is 1.08. The number of aryl methyl sites for hydroxylation is 2. The predicted molar refractivity (Wildman–Crippen MR) is 55.5 cm³/mol. The minimum Gasteiger partial charge on any atom is -0.483 e. The maximum absolute atomic E-state index is 10.9. The minimum atomic E-state index is -0.120. The van der Waals surface area contributed by atoms with Gasteiger partial charge in [-0.1, -0.05) is 12.1 Å². The van der Waals surface area contributed by atoms with Crippen molar-refractivity contribution in [1.82, 2.24) is 5.32 Å². The molecule has 0 aliphatic rings. The van der Waals surface area contributed by atoms with Gasteiger partial charge in [0.25, 0.3) is 5.91 Å². The van der Waals surface area contributed by atoms with Crippen molar-refractivity contribution in [3.63, 3.8) is 0 Å². The van der Waals surface area contributed by atoms with Crippen molar-refractivity contribution in [2.45, 2.75) is 13.8 Å². The van der Waals surface area contributed by atoms with E-state index in [0.29, 0.717) is 0 Å². The van der Waals surface area contributed by atoms with Gasteiger partial charge in [0.1, 0.15) is 5.75 Å². The second-order valence-corrected chi connectivity index (χ2v) is 3.23. The molecular formula is C11H15NO2. The van der Waals surface area contributed by atoms with Gasteiger partial charge in [0.2, 0.25) is 0 Å². The van der Waals surface area contributed by atoms with Gasteiger partial charge in [0, 0.05) is 7.05 Å². The first kappa shape index (κ1) is 10.6. The number of carbonyl (C=O) groups is 1. The topological polar surface area (TPSA) is 38.3 Å². The highest BCUT2D eigenvalue weighted by Crippen LogP contribution is 2.18. The monoisotopic (exact) mass is 193 g/mol. The average molecular weight is 193 g/mol. The molecule has 0 spiro atoms. The molecule has 0 aliphatic carbocycles. The Bertz CT molecular complexity index is 334. The molecule has 76 valence electrons. The summed E-state index contributed by atoms with van der Waals surface area (Å²) < 4.78 is 5.36. The first-order valence-corrected chi connectivity index (χ1v) is 4.54. The number of carbonyl (C=O) groups excluding carboxylic acids is 1. The zero-order chi connectivity index (χ0) is 10.6. The quantitative estimate of drug-likeness (QED) is 0.788. The lowest BCUT2D eigenvalue weighted by Gasteiger charge is -2.08. The average Bonchev–Trinajstić information content (AvgIpc) is 2.19. The van der Waals surface area contributed by atoms with E-state index < -0.39 is 0 Å². The van der Waals surface area contributed by atoms with Gasteiger partial charge in [-0.25, -0.2) is 0 Å². The summed E-state index contributed by atoms with van der Waals surface area (Å²) in [4.78, 5) is 10.9. The van der Waals surface area contributed by atoms with Crippen molar-refractivity contribution < 1.29 is 9.53 Å². The lowest BCUT2D eigenvalue weighted by Crippen LogP contribution is -2.25. The van der Waals surface area contributed by atoms with E-state index in [4.69, 9.17) is 4.74 Å². The molecule has 1 amide bonds. The fraction of sp³-hybridized carbons (Fsp3) is 0.364. The fourth-order valence-corrected chi connectivity index (χ4v) is 1.08. The molecular weight excluding hydrogens is 178 g/mol. The van der Waals surface area contributed by atoms with Gasteiger partial charge in [-0.05, 0) is 31.0 Å². The van der Waals surface area contributed by atoms with Gasteiger partial charge in [-0.15, -0.1) is 0 Å². The Morgan fingerprint density at radius 3 is 2.79 bits per heavy atom. The van der Waals surface area contributed by atoms with Gasteiger partial charge in [0.05, 0.1) is 0 Å². The number of amides is 1. The molecule has 1 aromatic rings. The number of ether oxygens (including phenoxy) is 1. The highest BCUT2D eigenvalue weighted by Gasteiger charge is 2.02. The summed E-state index contributed by atoms with van der Waals surface area (Å²) in [7, 11) is 1.59. The molecule has 3 nitrogen and oxygen atoms in total. The van der Waals surface area contributed by atoms with Gasteiger partial charge in [-0.2, -0.15) is 0 Å². The van der Waals surface area contributed by atoms with Crippen LogP contribution in [0.2, 0.25) is 0 Å². The maximum Gasteiger partial charge on any atom is 0.257 e. The van der Waals surface area contributed by atoms with E-state index >= 15 is 0 Å². The third kappa shape index (κ3) is 2.76. The number of rotatable bonds is 3. The molecule has 1 N–H and O–H groups in total. The van der Waals surface area contributed by atoms with E-state index in [1.54, 1.807) is 7.05 Å². The van der Waals surface area contributed by atoms with E-state index in [1.807, 2.05) is 32.0 Å². The molecule has 3 heteroatoms. The van der Waals surface area contributed by atoms with Crippen LogP contribution in [-0.2, 0) is 4.79 Å². The highest BCUT2D eigenvalue weighted by atomic mass is 16.5. The van der Waals surface area contributed by atoms with E-state index in [2.05, 4.69) is 5.32 Å². The molecule has 14 heavy (non-hydrogen) atoms. The van der Waals surface area contributed by atoms with E-state index in [1.165, 1.54) is 0 Å². The van der Waals surface area contributed by atoms with Crippen LogP contribution in [0.3, 0.4) is 0 Å². The first-order chi connectivity index (χ1) is 6.63. The third-order valence-electron chi connectivity index (χ3n) is 1.98. The zero-order valence-corrected chi connectivity index (χ0v) is 8.76. The number of nitrogens with one attached hydrogen (secondary N) is 1. The number of hydrogen-bond acceptors (Lipinski definition) is 2. The summed E-state index contributed by atoms with van der Waals surface area (Å²) in [5.41, 5.74) is 2.17. The SMILES string of the molecule is CNC(=O)COc1cc(C)ccc1C. The summed E-state index contributed by atoms with van der Waals surface area (Å²) in [5, 5.41) is 2.51. The normalized spacial score (nSPS) is 9.64. The smallest absolute Gasteiger partial charge is 0.257 e. The Hall–Kier alpha value is -1.51. The molecule has 0 unspecified atom stereocenters. The zero-order valence-electron chi connectivity index (χ0n) is 8.76. The minimum absolute atomic E-state index is 0.0702. The molecule has 0 heterocycles. The van der Waals surface area contributed by atoms with Gasteiger partial charge in [0.15, 0.2) is 6.61 Å². The van der Waals surface area contributed by atoms with Crippen LogP contribution in [0.1, 0.15) is 11.1 Å². The molecule has 0 saturated carbocycles. The largest absolute Gasteiger partial charge is 0.483 e. The molecule has 1 aromatic carbocycles. The van der Waals surface area contributed by atoms with E-state index in [-0.39, 0.29) is 12.5 Å². The van der Waals surface area contributed by atoms with Gasteiger partial charge in [-0.3, -0.25) is 4.79 Å². The van der Waals surface area contributed by atoms with Crippen LogP contribution in [0.4, 0.5) is 0 Å². The Kier molecular flexibility index (Phi) is 3.51. The number of likely N-dealkylation sites (N-methyl/N-ethyl adjacent to an activating group) is 1. The second kappa shape index (κ2) is 4.65. The van der Waals surface area contributed by atoms with E-state index in [0.717, 1.165) is 16.9 Å². The Labute approximate surface area is 84.1 Å². The lowest BCUT2D eigenvalue weighted by atomic mass is 10.1. The molecule has 0 aromatic heterocycles. The molecule has 0 radical (unpaired) electrons. The van der Waals surface area contributed by atoms with Crippen molar-refractivity contribution in [2.75, 3.05) is 13.7 Å². The van der Waals surface area contributed by atoms with Crippen molar-refractivity contribution in [2.24, 2.45) is 0 Å². The molecule has 0 bridgehead atoms. The number of hydrogen-bond donors (Lipinski definition) is 1. The van der Waals surface area contributed by atoms with E-state index in [9.17, 15) is 4.79 Å². The van der Waals surface area contributed by atoms with Gasteiger partial charge < -0.3 is 10.1 Å². The standard InChI is InChI=1S/C11H15NO2/c1-8-4-5-9(2)10(6-8)14-7-11(13)12-3/h4-6H,7H2,1-3H3,(H,12,13). The lowest BCUT2D eigenvalue weighted by molar-refractivity contribution is -0.122. The Morgan fingerprint density at radius 1 is 1.43 bits per heavy atom. The third-order valence-corrected chi connectivity index (χ3v) is 1.98. The summed E-state index contributed by atoms with van der Waals surface area (Å²) in [5.74, 6) is 0.652. The van der Waals surface area contributed by atoms with Crippen LogP contribution < -0.4 is 10.1 Å². The van der Waals surface area contributed by atoms with Crippen LogP contribution >= 0.6 is 0 Å². The molecule has 1 rings (SSSR count). The van der Waals surface area contributed by atoms with Crippen molar-refractivity contribution in [3.8, 4) is 5.75 Å². The van der Waals surface area contributed by atoms with Crippen molar-refractivity contribution in [1.29, 1.82) is 0 Å². The molecule has 0 saturated heterocycles. The summed E-state index contributed by atoms with van der Waals surface area (Å²) >= 11 is 0. The van der Waals surface area contributed by atoms with Gasteiger partial charge >= 0.3 is 0 Å². The summed E-state index contributed by atoms with van der Waals surface area (Å²) in [6.07, 6.45) is 0. The summed E-state index contributed by atoms with van der Waals surface area (Å²) in [6.45, 7) is 4.02. The highest BCUT2D eigenvalue weighted by molar-refractivity contribution is 5.77. The Balaban J connectivity index is 2.66. The van der Waals surface area contributed by atoms with Crippen LogP contribution in [0.25, 0.3) is 0 Å². The first-order valence-electron chi connectivity index (χ1n) is 4.54. The second-order valence-electron chi connectivity index (χ2n) is 3.23. The van der Waals surface area contributed by atoms with Crippen LogP contribution in [0, 0.1) is 13.8 Å².